The number of ether oxygens (including phenoxy) is 3. The molecule has 0 saturated carbocycles. The van der Waals surface area contributed by atoms with Gasteiger partial charge in [0.1, 0.15) is 11.5 Å². The Kier molecular flexibility index (Phi) is 8.08. The Labute approximate surface area is 194 Å². The van der Waals surface area contributed by atoms with Crippen molar-refractivity contribution in [2.45, 2.75) is 26.3 Å². The SMILES string of the molecule is COc1ccc(C(NC(=O)COC(=O)Cc2ccc(C)c(C)c2)c2ccc(OC)cc2)cc1. The van der Waals surface area contributed by atoms with E-state index in [4.69, 9.17) is 14.2 Å². The zero-order chi connectivity index (χ0) is 23.8. The maximum Gasteiger partial charge on any atom is 0.310 e. The molecule has 0 fully saturated rings. The second kappa shape index (κ2) is 11.2. The Morgan fingerprint density at radius 1 is 0.788 bits per heavy atom. The van der Waals surface area contributed by atoms with E-state index in [1.807, 2.05) is 80.6 Å². The molecule has 0 aromatic heterocycles. The molecule has 0 saturated heterocycles. The van der Waals surface area contributed by atoms with E-state index in [1.165, 1.54) is 0 Å². The van der Waals surface area contributed by atoms with Crippen molar-refractivity contribution in [1.82, 2.24) is 5.32 Å². The van der Waals surface area contributed by atoms with Gasteiger partial charge in [0.2, 0.25) is 0 Å². The fourth-order valence-corrected chi connectivity index (χ4v) is 3.43. The quantitative estimate of drug-likeness (QED) is 0.495. The first-order valence-corrected chi connectivity index (χ1v) is 10.7. The number of carbonyl (C=O) groups excluding carboxylic acids is 2. The normalized spacial score (nSPS) is 10.6. The van der Waals surface area contributed by atoms with Crippen LogP contribution >= 0.6 is 0 Å². The number of methoxy groups -OCH3 is 2. The summed E-state index contributed by atoms with van der Waals surface area (Å²) in [4.78, 5) is 24.9. The van der Waals surface area contributed by atoms with Crippen molar-refractivity contribution in [1.29, 1.82) is 0 Å². The van der Waals surface area contributed by atoms with Crippen LogP contribution in [0.2, 0.25) is 0 Å². The van der Waals surface area contributed by atoms with E-state index in [9.17, 15) is 9.59 Å². The Hall–Kier alpha value is -3.80. The van der Waals surface area contributed by atoms with Crippen LogP contribution in [0.3, 0.4) is 0 Å². The summed E-state index contributed by atoms with van der Waals surface area (Å²) in [5.41, 5.74) is 4.87. The number of hydrogen-bond acceptors (Lipinski definition) is 5. The maximum atomic E-state index is 12.7. The van der Waals surface area contributed by atoms with E-state index in [-0.39, 0.29) is 18.9 Å². The molecule has 0 aliphatic rings. The van der Waals surface area contributed by atoms with Crippen LogP contribution in [0.1, 0.15) is 33.9 Å². The molecular formula is C27H29NO5. The largest absolute Gasteiger partial charge is 0.497 e. The summed E-state index contributed by atoms with van der Waals surface area (Å²) >= 11 is 0. The van der Waals surface area contributed by atoms with Crippen LogP contribution in [0.25, 0.3) is 0 Å². The minimum absolute atomic E-state index is 0.120. The molecule has 0 atom stereocenters. The van der Waals surface area contributed by atoms with Crippen LogP contribution in [0, 0.1) is 13.8 Å². The van der Waals surface area contributed by atoms with Crippen molar-refractivity contribution in [3.8, 4) is 11.5 Å². The van der Waals surface area contributed by atoms with E-state index in [1.54, 1.807) is 14.2 Å². The summed E-state index contributed by atoms with van der Waals surface area (Å²) in [6.07, 6.45) is 0.120. The van der Waals surface area contributed by atoms with Gasteiger partial charge in [-0.1, -0.05) is 42.5 Å². The van der Waals surface area contributed by atoms with E-state index in [0.717, 1.165) is 39.3 Å². The van der Waals surface area contributed by atoms with E-state index >= 15 is 0 Å². The number of amides is 1. The molecule has 6 heteroatoms. The Balaban J connectivity index is 1.67. The molecule has 3 aromatic rings. The first-order chi connectivity index (χ1) is 15.9. The lowest BCUT2D eigenvalue weighted by Crippen LogP contribution is -2.33. The molecule has 0 unspecified atom stereocenters. The van der Waals surface area contributed by atoms with Gasteiger partial charge in [-0.25, -0.2) is 0 Å². The van der Waals surface area contributed by atoms with Gasteiger partial charge < -0.3 is 19.5 Å². The van der Waals surface area contributed by atoms with E-state index < -0.39 is 12.0 Å². The number of nitrogens with one attached hydrogen (secondary N) is 1. The van der Waals surface area contributed by atoms with Crippen molar-refractivity contribution in [3.05, 3.63) is 94.5 Å². The maximum absolute atomic E-state index is 12.7. The Bertz CT molecular complexity index is 1040. The summed E-state index contributed by atoms with van der Waals surface area (Å²) in [7, 11) is 3.20. The molecule has 0 aliphatic heterocycles. The van der Waals surface area contributed by atoms with Gasteiger partial charge in [-0.15, -0.1) is 0 Å². The van der Waals surface area contributed by atoms with Crippen LogP contribution in [0.4, 0.5) is 0 Å². The highest BCUT2D eigenvalue weighted by Gasteiger charge is 2.18. The molecular weight excluding hydrogens is 418 g/mol. The van der Waals surface area contributed by atoms with Crippen LogP contribution < -0.4 is 14.8 Å². The highest BCUT2D eigenvalue weighted by Crippen LogP contribution is 2.26. The summed E-state index contributed by atoms with van der Waals surface area (Å²) in [6, 6.07) is 20.3. The average Bonchev–Trinajstić information content (AvgIpc) is 2.84. The lowest BCUT2D eigenvalue weighted by atomic mass is 9.98. The monoisotopic (exact) mass is 447 g/mol. The first kappa shape index (κ1) is 23.9. The van der Waals surface area contributed by atoms with Crippen LogP contribution in [-0.2, 0) is 20.7 Å². The smallest absolute Gasteiger partial charge is 0.310 e. The van der Waals surface area contributed by atoms with E-state index in [0.29, 0.717) is 0 Å². The molecule has 0 spiro atoms. The molecule has 0 radical (unpaired) electrons. The second-order valence-electron chi connectivity index (χ2n) is 7.80. The molecule has 3 rings (SSSR count). The van der Waals surface area contributed by atoms with Gasteiger partial charge in [-0.3, -0.25) is 9.59 Å². The highest BCUT2D eigenvalue weighted by molar-refractivity contribution is 5.82. The Morgan fingerprint density at radius 3 is 1.82 bits per heavy atom. The number of hydrogen-bond donors (Lipinski definition) is 1. The topological polar surface area (TPSA) is 73.9 Å². The molecule has 6 nitrogen and oxygen atoms in total. The van der Waals surface area contributed by atoms with Crippen molar-refractivity contribution in [2.24, 2.45) is 0 Å². The van der Waals surface area contributed by atoms with Crippen molar-refractivity contribution >= 4 is 11.9 Å². The Morgan fingerprint density at radius 2 is 1.33 bits per heavy atom. The predicted octanol–water partition coefficient (Wildman–Crippen LogP) is 4.31. The number of carbonyl (C=O) groups is 2. The molecule has 0 aliphatic carbocycles. The number of rotatable bonds is 9. The van der Waals surface area contributed by atoms with E-state index in [2.05, 4.69) is 5.32 Å². The van der Waals surface area contributed by atoms with Crippen LogP contribution in [0.5, 0.6) is 11.5 Å². The average molecular weight is 448 g/mol. The third-order valence-corrected chi connectivity index (χ3v) is 5.49. The number of benzene rings is 3. The molecule has 1 N–H and O–H groups in total. The number of esters is 1. The first-order valence-electron chi connectivity index (χ1n) is 10.7. The third-order valence-electron chi connectivity index (χ3n) is 5.49. The van der Waals surface area contributed by atoms with Crippen molar-refractivity contribution in [3.63, 3.8) is 0 Å². The molecule has 3 aromatic carbocycles. The summed E-state index contributed by atoms with van der Waals surface area (Å²) in [5.74, 6) is 0.608. The van der Waals surface area contributed by atoms with Gasteiger partial charge in [-0.05, 0) is 65.9 Å². The minimum Gasteiger partial charge on any atom is -0.497 e. The lowest BCUT2D eigenvalue weighted by Gasteiger charge is -2.20. The molecule has 33 heavy (non-hydrogen) atoms. The fraction of sp³-hybridized carbons (Fsp3) is 0.259. The molecule has 0 heterocycles. The zero-order valence-electron chi connectivity index (χ0n) is 19.4. The van der Waals surface area contributed by atoms with Gasteiger partial charge in [0.25, 0.3) is 5.91 Å². The minimum atomic E-state index is -0.446. The van der Waals surface area contributed by atoms with Crippen molar-refractivity contribution in [2.75, 3.05) is 20.8 Å². The standard InChI is InChI=1S/C27H29NO5/c1-18-5-6-20(15-19(18)2)16-26(30)33-17-25(29)28-27(21-7-11-23(31-3)12-8-21)22-9-13-24(32-4)14-10-22/h5-15,27H,16-17H2,1-4H3,(H,28,29). The molecule has 1 amide bonds. The van der Waals surface area contributed by atoms with Gasteiger partial charge in [-0.2, -0.15) is 0 Å². The second-order valence-corrected chi connectivity index (χ2v) is 7.80. The summed E-state index contributed by atoms with van der Waals surface area (Å²) in [5, 5.41) is 2.96. The fourth-order valence-electron chi connectivity index (χ4n) is 3.43. The van der Waals surface area contributed by atoms with Crippen molar-refractivity contribution < 1.29 is 23.8 Å². The summed E-state index contributed by atoms with van der Waals surface area (Å²) in [6.45, 7) is 3.66. The lowest BCUT2D eigenvalue weighted by molar-refractivity contribution is -0.148. The van der Waals surface area contributed by atoms with Gasteiger partial charge in [0.05, 0.1) is 26.7 Å². The van der Waals surface area contributed by atoms with Gasteiger partial charge in [0, 0.05) is 0 Å². The molecule has 0 bridgehead atoms. The third kappa shape index (κ3) is 6.59. The summed E-state index contributed by atoms with van der Waals surface area (Å²) < 4.78 is 15.7. The highest BCUT2D eigenvalue weighted by atomic mass is 16.5. The zero-order valence-corrected chi connectivity index (χ0v) is 19.4. The predicted molar refractivity (Wildman–Crippen MR) is 127 cm³/mol. The van der Waals surface area contributed by atoms with Gasteiger partial charge in [0.15, 0.2) is 6.61 Å². The van der Waals surface area contributed by atoms with Crippen LogP contribution in [-0.4, -0.2) is 32.7 Å². The number of aryl methyl sites for hydroxylation is 2. The van der Waals surface area contributed by atoms with Crippen LogP contribution in [0.15, 0.2) is 66.7 Å². The van der Waals surface area contributed by atoms with Gasteiger partial charge >= 0.3 is 5.97 Å². The molecule has 172 valence electrons.